The number of anilines is 1. The molecule has 1 aromatic rings. The lowest BCUT2D eigenvalue weighted by Crippen LogP contribution is -2.18. The molecular weight excluding hydrogens is 164 g/mol. The molecule has 0 fully saturated rings. The Balaban J connectivity index is 2.49. The van der Waals surface area contributed by atoms with E-state index in [1.165, 1.54) is 0 Å². The van der Waals surface area contributed by atoms with Crippen LogP contribution in [-0.2, 0) is 0 Å². The number of aromatic nitrogens is 2. The van der Waals surface area contributed by atoms with Crippen LogP contribution in [0, 0.1) is 0 Å². The normalized spacial score (nSPS) is 13.5. The number of nitrogen functional groups attached to an aromatic ring is 1. The second kappa shape index (κ2) is 4.28. The summed E-state index contributed by atoms with van der Waals surface area (Å²) < 4.78 is 2.00. The van der Waals surface area contributed by atoms with Crippen molar-refractivity contribution in [1.29, 1.82) is 0 Å². The van der Waals surface area contributed by atoms with Gasteiger partial charge in [-0.05, 0) is 34.0 Å². The van der Waals surface area contributed by atoms with Crippen LogP contribution in [-0.4, -0.2) is 35.1 Å². The quantitative estimate of drug-likeness (QED) is 0.755. The highest BCUT2D eigenvalue weighted by Crippen LogP contribution is 2.14. The molecule has 1 rings (SSSR count). The lowest BCUT2D eigenvalue weighted by Gasteiger charge is -2.17. The lowest BCUT2D eigenvalue weighted by atomic mass is 10.2. The van der Waals surface area contributed by atoms with Crippen LogP contribution in [0.25, 0.3) is 0 Å². The van der Waals surface area contributed by atoms with Crippen molar-refractivity contribution < 1.29 is 0 Å². The van der Waals surface area contributed by atoms with Gasteiger partial charge in [0.25, 0.3) is 0 Å². The van der Waals surface area contributed by atoms with E-state index in [1.54, 1.807) is 6.20 Å². The van der Waals surface area contributed by atoms with Gasteiger partial charge in [0.15, 0.2) is 5.95 Å². The summed E-state index contributed by atoms with van der Waals surface area (Å²) in [6.07, 6.45) is 4.75. The van der Waals surface area contributed by atoms with E-state index in [4.69, 9.17) is 5.73 Å². The minimum absolute atomic E-state index is 0.421. The van der Waals surface area contributed by atoms with Gasteiger partial charge in [-0.2, -0.15) is 0 Å². The molecule has 0 aliphatic rings. The number of hydrogen-bond donors (Lipinski definition) is 1. The number of hydrogen-bond acceptors (Lipinski definition) is 3. The lowest BCUT2D eigenvalue weighted by molar-refractivity contribution is 0.359. The minimum atomic E-state index is 0.421. The zero-order valence-corrected chi connectivity index (χ0v) is 8.57. The van der Waals surface area contributed by atoms with Crippen molar-refractivity contribution in [2.75, 3.05) is 26.4 Å². The summed E-state index contributed by atoms with van der Waals surface area (Å²) in [5.41, 5.74) is 5.69. The predicted molar refractivity (Wildman–Crippen MR) is 54.5 cm³/mol. The molecule has 1 atom stereocenters. The Morgan fingerprint density at radius 3 is 2.77 bits per heavy atom. The minimum Gasteiger partial charge on any atom is -0.369 e. The molecule has 1 heterocycles. The molecule has 2 N–H and O–H groups in total. The van der Waals surface area contributed by atoms with E-state index in [9.17, 15) is 0 Å². The highest BCUT2D eigenvalue weighted by Gasteiger charge is 2.07. The van der Waals surface area contributed by atoms with E-state index in [1.807, 2.05) is 10.8 Å². The third-order valence-electron chi connectivity index (χ3n) is 2.17. The van der Waals surface area contributed by atoms with E-state index >= 15 is 0 Å². The topological polar surface area (TPSA) is 47.1 Å². The van der Waals surface area contributed by atoms with E-state index in [2.05, 4.69) is 30.9 Å². The summed E-state index contributed by atoms with van der Waals surface area (Å²) in [5, 5.41) is 0. The first-order valence-electron chi connectivity index (χ1n) is 4.54. The van der Waals surface area contributed by atoms with Gasteiger partial charge >= 0.3 is 0 Å². The van der Waals surface area contributed by atoms with Gasteiger partial charge in [0.05, 0.1) is 0 Å². The van der Waals surface area contributed by atoms with Gasteiger partial charge in [-0.25, -0.2) is 4.98 Å². The van der Waals surface area contributed by atoms with Crippen LogP contribution < -0.4 is 5.73 Å². The number of nitrogens with zero attached hydrogens (tertiary/aromatic N) is 3. The van der Waals surface area contributed by atoms with E-state index in [0.29, 0.717) is 12.0 Å². The Kier molecular flexibility index (Phi) is 3.31. The Bertz CT molecular complexity index is 254. The monoisotopic (exact) mass is 182 g/mol. The molecule has 1 unspecified atom stereocenters. The molecule has 74 valence electrons. The van der Waals surface area contributed by atoms with Gasteiger partial charge in [0, 0.05) is 18.4 Å². The Morgan fingerprint density at radius 1 is 1.62 bits per heavy atom. The largest absolute Gasteiger partial charge is 0.369 e. The van der Waals surface area contributed by atoms with Gasteiger partial charge in [-0.1, -0.05) is 0 Å². The molecule has 0 aliphatic carbocycles. The first-order chi connectivity index (χ1) is 6.11. The van der Waals surface area contributed by atoms with Crippen molar-refractivity contribution >= 4 is 5.95 Å². The van der Waals surface area contributed by atoms with Crippen LogP contribution in [0.5, 0.6) is 0 Å². The second-order valence-corrected chi connectivity index (χ2v) is 3.63. The first kappa shape index (κ1) is 10.1. The third kappa shape index (κ3) is 2.73. The van der Waals surface area contributed by atoms with Crippen molar-refractivity contribution in [3.8, 4) is 0 Å². The SMILES string of the molecule is CC(CCN(C)C)n1ccnc1N. The maximum Gasteiger partial charge on any atom is 0.200 e. The van der Waals surface area contributed by atoms with Crippen LogP contribution in [0.4, 0.5) is 5.95 Å². The summed E-state index contributed by atoms with van der Waals surface area (Å²) in [6.45, 7) is 3.22. The summed E-state index contributed by atoms with van der Waals surface area (Å²) >= 11 is 0. The molecule has 4 nitrogen and oxygen atoms in total. The molecule has 1 aromatic heterocycles. The van der Waals surface area contributed by atoms with Crippen molar-refractivity contribution in [2.45, 2.75) is 19.4 Å². The van der Waals surface area contributed by atoms with E-state index < -0.39 is 0 Å². The van der Waals surface area contributed by atoms with Crippen molar-refractivity contribution in [3.05, 3.63) is 12.4 Å². The van der Waals surface area contributed by atoms with Crippen LogP contribution in [0.15, 0.2) is 12.4 Å². The van der Waals surface area contributed by atoms with Crippen LogP contribution in [0.2, 0.25) is 0 Å². The van der Waals surface area contributed by atoms with Gasteiger partial charge in [-0.3, -0.25) is 0 Å². The molecule has 4 heteroatoms. The summed E-state index contributed by atoms with van der Waals surface area (Å²) in [4.78, 5) is 6.16. The molecule has 0 saturated carbocycles. The average molecular weight is 182 g/mol. The molecule has 0 aromatic carbocycles. The van der Waals surface area contributed by atoms with Gasteiger partial charge < -0.3 is 15.2 Å². The molecule has 0 amide bonds. The number of imidazole rings is 1. The summed E-state index contributed by atoms with van der Waals surface area (Å²) in [6, 6.07) is 0.421. The molecule has 0 saturated heterocycles. The molecule has 13 heavy (non-hydrogen) atoms. The second-order valence-electron chi connectivity index (χ2n) is 3.63. The first-order valence-corrected chi connectivity index (χ1v) is 4.54. The van der Waals surface area contributed by atoms with Crippen LogP contribution in [0.3, 0.4) is 0 Å². The summed E-state index contributed by atoms with van der Waals surface area (Å²) in [5.74, 6) is 0.603. The predicted octanol–water partition coefficient (Wildman–Crippen LogP) is 0.978. The fraction of sp³-hybridized carbons (Fsp3) is 0.667. The molecular formula is C9H18N4. The van der Waals surface area contributed by atoms with Crippen LogP contribution in [0.1, 0.15) is 19.4 Å². The Morgan fingerprint density at radius 2 is 2.31 bits per heavy atom. The maximum absolute atomic E-state index is 5.69. The molecule has 0 aliphatic heterocycles. The molecule has 0 radical (unpaired) electrons. The molecule has 0 bridgehead atoms. The van der Waals surface area contributed by atoms with E-state index in [-0.39, 0.29) is 0 Å². The average Bonchev–Trinajstić information content (AvgIpc) is 2.47. The fourth-order valence-corrected chi connectivity index (χ4v) is 1.28. The highest BCUT2D eigenvalue weighted by molar-refractivity contribution is 5.17. The molecule has 0 spiro atoms. The smallest absolute Gasteiger partial charge is 0.200 e. The third-order valence-corrected chi connectivity index (χ3v) is 2.17. The number of nitrogens with two attached hydrogens (primary N) is 1. The van der Waals surface area contributed by atoms with E-state index in [0.717, 1.165) is 13.0 Å². The highest BCUT2D eigenvalue weighted by atomic mass is 15.2. The van der Waals surface area contributed by atoms with Gasteiger partial charge in [0.2, 0.25) is 0 Å². The van der Waals surface area contributed by atoms with Gasteiger partial charge in [0.1, 0.15) is 0 Å². The maximum atomic E-state index is 5.69. The zero-order valence-electron chi connectivity index (χ0n) is 8.57. The van der Waals surface area contributed by atoms with Gasteiger partial charge in [-0.15, -0.1) is 0 Å². The van der Waals surface area contributed by atoms with Crippen molar-refractivity contribution in [1.82, 2.24) is 14.5 Å². The van der Waals surface area contributed by atoms with Crippen LogP contribution >= 0.6 is 0 Å². The Labute approximate surface area is 79.4 Å². The zero-order chi connectivity index (χ0) is 9.84. The Hall–Kier alpha value is -1.03. The van der Waals surface area contributed by atoms with Crippen molar-refractivity contribution in [3.63, 3.8) is 0 Å². The standard InChI is InChI=1S/C9H18N4/c1-8(4-6-12(2)3)13-7-5-11-9(13)10/h5,7-8H,4,6H2,1-3H3,(H2,10,11). The summed E-state index contributed by atoms with van der Waals surface area (Å²) in [7, 11) is 4.15. The number of rotatable bonds is 4. The van der Waals surface area contributed by atoms with Crippen molar-refractivity contribution in [2.24, 2.45) is 0 Å². The fourth-order valence-electron chi connectivity index (χ4n) is 1.28.